The quantitative estimate of drug-likeness (QED) is 0.660. The molecular weight excluding hydrogens is 336 g/mol. The van der Waals surface area contributed by atoms with Crippen LogP contribution in [0.2, 0.25) is 0 Å². The predicted molar refractivity (Wildman–Crippen MR) is 48.0 cm³/mol. The van der Waals surface area contributed by atoms with Gasteiger partial charge in [-0.3, -0.25) is 0 Å². The van der Waals surface area contributed by atoms with Crippen LogP contribution in [0.5, 0.6) is 0 Å². The van der Waals surface area contributed by atoms with Crippen molar-refractivity contribution in [2.75, 3.05) is 6.54 Å². The van der Waals surface area contributed by atoms with Gasteiger partial charge in [0.1, 0.15) is 0 Å². The molecule has 0 saturated heterocycles. The van der Waals surface area contributed by atoms with Gasteiger partial charge < -0.3 is 22.1 Å². The Labute approximate surface area is 92.8 Å². The molecule has 1 aliphatic heterocycles. The molecule has 70 valence electrons. The molecule has 0 N–H and O–H groups in total. The Morgan fingerprint density at radius 2 is 2.23 bits per heavy atom. The van der Waals surface area contributed by atoms with Crippen molar-refractivity contribution in [3.05, 3.63) is 36.8 Å². The fraction of sp³-hybridized carbons (Fsp3) is 0.333. The van der Waals surface area contributed by atoms with Crippen LogP contribution in [-0.4, -0.2) is 17.0 Å². The van der Waals surface area contributed by atoms with E-state index in [0.29, 0.717) is 6.54 Å². The zero-order valence-corrected chi connectivity index (χ0v) is 10.5. The maximum atomic E-state index is 11.2. The first kappa shape index (κ1) is 12.4. The Morgan fingerprint density at radius 3 is 3.00 bits per heavy atom. The van der Waals surface area contributed by atoms with Crippen molar-refractivity contribution >= 4 is 5.91 Å². The zero-order valence-electron chi connectivity index (χ0n) is 7.56. The summed E-state index contributed by atoms with van der Waals surface area (Å²) in [5.41, 5.74) is 0.725. The summed E-state index contributed by atoms with van der Waals surface area (Å²) in [6, 6.07) is 3.70. The van der Waals surface area contributed by atoms with E-state index in [4.69, 9.17) is 0 Å². The Hall–Kier alpha value is -0.562. The number of hydrogen-bond acceptors (Lipinski definition) is 1. The second-order valence-corrected chi connectivity index (χ2v) is 2.63. The van der Waals surface area contributed by atoms with Crippen LogP contribution in [0.1, 0.15) is 16.9 Å². The van der Waals surface area contributed by atoms with Gasteiger partial charge in [0.25, 0.3) is 0 Å². The number of amides is 1. The number of rotatable bonds is 0. The van der Waals surface area contributed by atoms with Crippen molar-refractivity contribution in [1.82, 2.24) is 4.57 Å². The van der Waals surface area contributed by atoms with Crippen molar-refractivity contribution in [2.45, 2.75) is 13.0 Å². The number of aryl methyl sites for hydroxylation is 1. The van der Waals surface area contributed by atoms with E-state index < -0.39 is 0 Å². The Balaban J connectivity index is 0.000000720. The van der Waals surface area contributed by atoms with Gasteiger partial charge in [-0.05, 0) is 12.1 Å². The molecule has 1 aromatic heterocycles. The average molecular weight is 348 g/mol. The van der Waals surface area contributed by atoms with Crippen LogP contribution in [0.15, 0.2) is 18.3 Å². The van der Waals surface area contributed by atoms with Crippen LogP contribution in [-0.2, 0) is 27.6 Å². The van der Waals surface area contributed by atoms with E-state index in [-0.39, 0.29) is 34.4 Å². The Morgan fingerprint density at radius 1 is 1.46 bits per heavy atom. The van der Waals surface area contributed by atoms with Gasteiger partial charge in [-0.25, -0.2) is 0 Å². The van der Waals surface area contributed by atoms with E-state index in [2.05, 4.69) is 5.32 Å². The van der Waals surface area contributed by atoms with E-state index in [1.54, 1.807) is 0 Å². The van der Waals surface area contributed by atoms with Gasteiger partial charge >= 0.3 is 21.1 Å². The number of carbonyl (C=O) groups is 1. The summed E-state index contributed by atoms with van der Waals surface area (Å²) < 4.78 is 1.96. The molecule has 2 heterocycles. The van der Waals surface area contributed by atoms with E-state index in [9.17, 15) is 4.79 Å². The molecule has 3 nitrogen and oxygen atoms in total. The predicted octanol–water partition coefficient (Wildman–Crippen LogP) is 1.85. The van der Waals surface area contributed by atoms with Gasteiger partial charge in [0.15, 0.2) is 0 Å². The molecule has 0 atom stereocenters. The minimum Gasteiger partial charge on any atom is -0.648 e. The molecule has 0 radical (unpaired) electrons. The second kappa shape index (κ2) is 5.23. The van der Waals surface area contributed by atoms with Crippen molar-refractivity contribution in [3.8, 4) is 0 Å². The monoisotopic (exact) mass is 348 g/mol. The third kappa shape index (κ3) is 2.44. The zero-order chi connectivity index (χ0) is 7.68. The van der Waals surface area contributed by atoms with Gasteiger partial charge in [0.2, 0.25) is 0 Å². The minimum absolute atomic E-state index is 0. The Kier molecular flexibility index (Phi) is 5.00. The number of carbonyl (C=O) groups excluding carboxylic acids is 1. The van der Waals surface area contributed by atoms with Crippen LogP contribution in [0, 0.1) is 7.43 Å². The molecule has 13 heavy (non-hydrogen) atoms. The summed E-state index contributed by atoms with van der Waals surface area (Å²) >= 11 is 0. The molecule has 1 amide bonds. The van der Waals surface area contributed by atoms with Gasteiger partial charge in [-0.2, -0.15) is 0 Å². The van der Waals surface area contributed by atoms with E-state index in [1.165, 1.54) is 0 Å². The standard InChI is InChI=1S/C8H10N2O.CH3.W/c11-8-7-3-1-5-10(7)6-2-4-9-8;;/h1,3,5H,2,4,6H2,(H,9,11);1H3;/q;-1;+2/p-1. The van der Waals surface area contributed by atoms with Crippen LogP contribution in [0.3, 0.4) is 0 Å². The fourth-order valence-electron chi connectivity index (χ4n) is 1.31. The molecule has 0 bridgehead atoms. The molecule has 1 aromatic rings. The van der Waals surface area contributed by atoms with Crippen molar-refractivity contribution in [3.63, 3.8) is 0 Å². The molecule has 1 aliphatic rings. The largest absolute Gasteiger partial charge is 2.00 e. The molecule has 0 fully saturated rings. The molecule has 2 rings (SSSR count). The molecule has 0 aromatic carbocycles. The van der Waals surface area contributed by atoms with E-state index in [1.807, 2.05) is 22.9 Å². The van der Waals surface area contributed by atoms with Crippen LogP contribution in [0.25, 0.3) is 5.32 Å². The maximum Gasteiger partial charge on any atom is 2.00 e. The maximum absolute atomic E-state index is 11.2. The van der Waals surface area contributed by atoms with Crippen molar-refractivity contribution < 1.29 is 25.9 Å². The first-order valence-electron chi connectivity index (χ1n) is 3.75. The van der Waals surface area contributed by atoms with Crippen LogP contribution < -0.4 is 0 Å². The first-order valence-corrected chi connectivity index (χ1v) is 3.75. The first-order chi connectivity index (χ1) is 5.38. The van der Waals surface area contributed by atoms with Gasteiger partial charge in [-0.1, -0.05) is 6.42 Å². The summed E-state index contributed by atoms with van der Waals surface area (Å²) in [4.78, 5) is 11.2. The summed E-state index contributed by atoms with van der Waals surface area (Å²) in [5.74, 6) is -0.0764. The van der Waals surface area contributed by atoms with Crippen LogP contribution in [0.4, 0.5) is 0 Å². The summed E-state index contributed by atoms with van der Waals surface area (Å²) in [6.45, 7) is 1.58. The Bertz CT molecular complexity index is 283. The molecule has 0 saturated carbocycles. The van der Waals surface area contributed by atoms with Crippen molar-refractivity contribution in [2.24, 2.45) is 0 Å². The van der Waals surface area contributed by atoms with Gasteiger partial charge in [0.05, 0.1) is 11.6 Å². The number of nitrogens with zero attached hydrogens (tertiary/aromatic N) is 2. The normalized spacial score (nSPS) is 14.3. The number of hydrogen-bond donors (Lipinski definition) is 0. The molecular formula is C9H12N2OW. The van der Waals surface area contributed by atoms with E-state index >= 15 is 0 Å². The van der Waals surface area contributed by atoms with Gasteiger partial charge in [-0.15, -0.1) is 6.54 Å². The molecule has 0 unspecified atom stereocenters. The van der Waals surface area contributed by atoms with Crippen molar-refractivity contribution in [1.29, 1.82) is 0 Å². The summed E-state index contributed by atoms with van der Waals surface area (Å²) in [7, 11) is 0. The topological polar surface area (TPSA) is 36.1 Å². The molecule has 0 aliphatic carbocycles. The summed E-state index contributed by atoms with van der Waals surface area (Å²) in [6.07, 6.45) is 2.89. The van der Waals surface area contributed by atoms with E-state index in [0.717, 1.165) is 18.7 Å². The SMILES string of the molecule is O=C1[N-]CCCn2cccc21.[CH3-].[W+2]. The second-order valence-electron chi connectivity index (χ2n) is 2.63. The molecule has 0 spiro atoms. The number of aromatic nitrogens is 1. The minimum atomic E-state index is -0.0764. The third-order valence-electron chi connectivity index (χ3n) is 1.86. The average Bonchev–Trinajstić information content (AvgIpc) is 2.40. The third-order valence-corrected chi connectivity index (χ3v) is 1.86. The number of fused-ring (bicyclic) bond motifs is 1. The smallest absolute Gasteiger partial charge is 0.648 e. The summed E-state index contributed by atoms with van der Waals surface area (Å²) in [5, 5.41) is 3.88. The molecule has 4 heteroatoms. The van der Waals surface area contributed by atoms with Gasteiger partial charge in [0, 0.05) is 12.7 Å². The van der Waals surface area contributed by atoms with Crippen LogP contribution >= 0.6 is 0 Å². The fourth-order valence-corrected chi connectivity index (χ4v) is 1.31.